The van der Waals surface area contributed by atoms with Gasteiger partial charge in [0.25, 0.3) is 0 Å². The van der Waals surface area contributed by atoms with E-state index in [-0.39, 0.29) is 0 Å². The SMILES string of the molecule is C(c1ccccc1)=[N+]1CC[C@H]2CCC[C@H]21. The second kappa shape index (κ2) is 3.80. The van der Waals surface area contributed by atoms with E-state index in [1.165, 1.54) is 37.8 Å². The van der Waals surface area contributed by atoms with Crippen LogP contribution in [0.4, 0.5) is 0 Å². The summed E-state index contributed by atoms with van der Waals surface area (Å²) in [7, 11) is 0. The predicted molar refractivity (Wildman–Crippen MR) is 62.5 cm³/mol. The van der Waals surface area contributed by atoms with Crippen LogP contribution in [0.2, 0.25) is 0 Å². The van der Waals surface area contributed by atoms with Crippen LogP contribution in [0.3, 0.4) is 0 Å². The Morgan fingerprint density at radius 1 is 1.07 bits per heavy atom. The Balaban J connectivity index is 1.85. The zero-order valence-corrected chi connectivity index (χ0v) is 9.10. The van der Waals surface area contributed by atoms with Crippen molar-refractivity contribution in [2.24, 2.45) is 5.92 Å². The van der Waals surface area contributed by atoms with Gasteiger partial charge in [-0.3, -0.25) is 0 Å². The fourth-order valence-corrected chi connectivity index (χ4v) is 3.16. The second-order valence-electron chi connectivity index (χ2n) is 4.82. The maximum atomic E-state index is 2.58. The number of hydrogen-bond acceptors (Lipinski definition) is 0. The molecular formula is C14H18N+. The maximum absolute atomic E-state index is 2.58. The van der Waals surface area contributed by atoms with Crippen LogP contribution >= 0.6 is 0 Å². The standard InChI is InChI=1S/C14H18N/c1-2-5-12(6-3-1)11-15-10-9-13-7-4-8-14(13)15/h1-3,5-6,11,13-14H,4,7-10H2/q+1/t13-,14-/m1/s1. The summed E-state index contributed by atoms with van der Waals surface area (Å²) in [6.07, 6.45) is 8.08. The lowest BCUT2D eigenvalue weighted by Gasteiger charge is -2.04. The molecule has 1 aliphatic carbocycles. The summed E-state index contributed by atoms with van der Waals surface area (Å²) in [4.78, 5) is 0. The molecular weight excluding hydrogens is 182 g/mol. The van der Waals surface area contributed by atoms with Gasteiger partial charge in [0.15, 0.2) is 12.3 Å². The van der Waals surface area contributed by atoms with Gasteiger partial charge < -0.3 is 0 Å². The lowest BCUT2D eigenvalue weighted by Crippen LogP contribution is -2.21. The molecule has 0 aromatic heterocycles. The zero-order valence-electron chi connectivity index (χ0n) is 9.10. The van der Waals surface area contributed by atoms with E-state index in [1.54, 1.807) is 0 Å². The number of fused-ring (bicyclic) bond motifs is 1. The van der Waals surface area contributed by atoms with E-state index < -0.39 is 0 Å². The van der Waals surface area contributed by atoms with E-state index in [0.717, 1.165) is 12.0 Å². The molecule has 15 heavy (non-hydrogen) atoms. The van der Waals surface area contributed by atoms with Crippen LogP contribution in [-0.2, 0) is 0 Å². The largest absolute Gasteiger partial charge is 0.233 e. The van der Waals surface area contributed by atoms with Gasteiger partial charge in [-0.05, 0) is 25.0 Å². The van der Waals surface area contributed by atoms with E-state index in [2.05, 4.69) is 41.1 Å². The van der Waals surface area contributed by atoms with Crippen molar-refractivity contribution >= 4 is 6.21 Å². The van der Waals surface area contributed by atoms with Crippen molar-refractivity contribution in [1.82, 2.24) is 0 Å². The molecule has 2 fully saturated rings. The quantitative estimate of drug-likeness (QED) is 0.613. The molecule has 1 aromatic rings. The Bertz CT molecular complexity index is 366. The topological polar surface area (TPSA) is 3.01 Å². The fraction of sp³-hybridized carbons (Fsp3) is 0.500. The molecule has 0 unspecified atom stereocenters. The monoisotopic (exact) mass is 200 g/mol. The van der Waals surface area contributed by atoms with Crippen LogP contribution in [0, 0.1) is 5.92 Å². The fourth-order valence-electron chi connectivity index (χ4n) is 3.16. The molecule has 0 bridgehead atoms. The van der Waals surface area contributed by atoms with Crippen LogP contribution in [0.25, 0.3) is 0 Å². The van der Waals surface area contributed by atoms with Gasteiger partial charge in [-0.25, -0.2) is 4.58 Å². The summed E-state index contributed by atoms with van der Waals surface area (Å²) in [6, 6.07) is 11.6. The van der Waals surface area contributed by atoms with Crippen molar-refractivity contribution in [3.63, 3.8) is 0 Å². The smallest absolute Gasteiger partial charge is 0.170 e. The number of hydrogen-bond donors (Lipinski definition) is 0. The van der Waals surface area contributed by atoms with E-state index in [1.807, 2.05) is 0 Å². The molecule has 1 aliphatic heterocycles. The van der Waals surface area contributed by atoms with Gasteiger partial charge in [0.1, 0.15) is 6.54 Å². The first-order chi connectivity index (χ1) is 7.43. The van der Waals surface area contributed by atoms with Gasteiger partial charge in [-0.2, -0.15) is 0 Å². The van der Waals surface area contributed by atoms with E-state index in [4.69, 9.17) is 0 Å². The van der Waals surface area contributed by atoms with E-state index >= 15 is 0 Å². The Morgan fingerprint density at radius 2 is 1.93 bits per heavy atom. The Labute approximate surface area is 91.4 Å². The van der Waals surface area contributed by atoms with Crippen LogP contribution in [0.5, 0.6) is 0 Å². The van der Waals surface area contributed by atoms with E-state index in [0.29, 0.717) is 0 Å². The number of rotatable bonds is 1. The van der Waals surface area contributed by atoms with Gasteiger partial charge in [0, 0.05) is 24.3 Å². The highest BCUT2D eigenvalue weighted by Crippen LogP contribution is 2.35. The molecule has 1 nitrogen and oxygen atoms in total. The molecule has 2 aliphatic rings. The minimum Gasteiger partial charge on any atom is -0.233 e. The van der Waals surface area contributed by atoms with Crippen molar-refractivity contribution in [3.05, 3.63) is 35.9 Å². The summed E-state index contributed by atoms with van der Waals surface area (Å²) < 4.78 is 2.58. The molecule has 3 rings (SSSR count). The molecule has 0 N–H and O–H groups in total. The lowest BCUT2D eigenvalue weighted by molar-refractivity contribution is -0.541. The summed E-state index contributed by atoms with van der Waals surface area (Å²) >= 11 is 0. The Hall–Kier alpha value is -1.11. The van der Waals surface area contributed by atoms with Gasteiger partial charge in [-0.15, -0.1) is 0 Å². The molecule has 1 aromatic carbocycles. The summed E-state index contributed by atoms with van der Waals surface area (Å²) in [5.74, 6) is 0.991. The minimum atomic E-state index is 0.852. The minimum absolute atomic E-state index is 0.852. The van der Waals surface area contributed by atoms with Gasteiger partial charge >= 0.3 is 0 Å². The van der Waals surface area contributed by atoms with E-state index in [9.17, 15) is 0 Å². The highest BCUT2D eigenvalue weighted by molar-refractivity contribution is 5.75. The summed E-state index contributed by atoms with van der Waals surface area (Å²) in [5, 5.41) is 0. The average Bonchev–Trinajstić information content (AvgIpc) is 2.85. The van der Waals surface area contributed by atoms with Crippen LogP contribution < -0.4 is 0 Å². The first-order valence-electron chi connectivity index (χ1n) is 6.09. The molecule has 0 amide bonds. The zero-order chi connectivity index (χ0) is 10.1. The third-order valence-corrected chi connectivity index (χ3v) is 3.92. The normalized spacial score (nSPS) is 32.1. The van der Waals surface area contributed by atoms with Crippen molar-refractivity contribution in [3.8, 4) is 0 Å². The molecule has 78 valence electrons. The third kappa shape index (κ3) is 1.71. The van der Waals surface area contributed by atoms with Crippen LogP contribution in [0.15, 0.2) is 30.3 Å². The molecule has 0 spiro atoms. The third-order valence-electron chi connectivity index (χ3n) is 3.92. The highest BCUT2D eigenvalue weighted by Gasteiger charge is 2.41. The number of nitrogens with zero attached hydrogens (tertiary/aromatic N) is 1. The summed E-state index contributed by atoms with van der Waals surface area (Å²) in [5.41, 5.74) is 1.35. The second-order valence-corrected chi connectivity index (χ2v) is 4.82. The van der Waals surface area contributed by atoms with Crippen molar-refractivity contribution < 1.29 is 4.58 Å². The molecule has 1 saturated heterocycles. The van der Waals surface area contributed by atoms with Crippen LogP contribution in [0.1, 0.15) is 31.2 Å². The highest BCUT2D eigenvalue weighted by atomic mass is 15.1. The van der Waals surface area contributed by atoms with Crippen molar-refractivity contribution in [2.45, 2.75) is 31.7 Å². The van der Waals surface area contributed by atoms with Gasteiger partial charge in [-0.1, -0.05) is 18.2 Å². The maximum Gasteiger partial charge on any atom is 0.170 e. The lowest BCUT2D eigenvalue weighted by atomic mass is 10.1. The van der Waals surface area contributed by atoms with Crippen molar-refractivity contribution in [1.29, 1.82) is 0 Å². The van der Waals surface area contributed by atoms with Gasteiger partial charge in [0.05, 0.1) is 0 Å². The molecule has 2 atom stereocenters. The molecule has 1 saturated carbocycles. The first-order valence-corrected chi connectivity index (χ1v) is 6.09. The molecule has 1 heterocycles. The average molecular weight is 200 g/mol. The van der Waals surface area contributed by atoms with Crippen molar-refractivity contribution in [2.75, 3.05) is 6.54 Å². The molecule has 0 radical (unpaired) electrons. The molecule has 1 heteroatoms. The Kier molecular flexibility index (Phi) is 2.32. The predicted octanol–water partition coefficient (Wildman–Crippen LogP) is 2.69. The first kappa shape index (κ1) is 9.14. The van der Waals surface area contributed by atoms with Gasteiger partial charge in [0.2, 0.25) is 0 Å². The number of benzene rings is 1. The summed E-state index contributed by atoms with van der Waals surface area (Å²) in [6.45, 7) is 1.27. The Morgan fingerprint density at radius 3 is 2.80 bits per heavy atom. The van der Waals surface area contributed by atoms with Crippen LogP contribution in [-0.4, -0.2) is 23.4 Å².